The minimum atomic E-state index is -1.27. The zero-order valence-electron chi connectivity index (χ0n) is 18.6. The van der Waals surface area contributed by atoms with Crippen LogP contribution in [0.25, 0.3) is 11.0 Å². The fourth-order valence-corrected chi connectivity index (χ4v) is 4.59. The number of benzene rings is 2. The van der Waals surface area contributed by atoms with Gasteiger partial charge in [-0.2, -0.15) is 0 Å². The Hall–Kier alpha value is -2.74. The molecule has 3 aromatic rings. The first-order valence-corrected chi connectivity index (χ1v) is 11.3. The predicted octanol–water partition coefficient (Wildman–Crippen LogP) is 2.84. The Balaban J connectivity index is 1.53. The third-order valence-corrected chi connectivity index (χ3v) is 6.29. The number of likely N-dealkylation sites (tertiary alicyclic amines) is 1. The van der Waals surface area contributed by atoms with E-state index in [0.29, 0.717) is 19.7 Å². The van der Waals surface area contributed by atoms with Crippen molar-refractivity contribution in [3.8, 4) is 0 Å². The highest BCUT2D eigenvalue weighted by Gasteiger charge is 2.33. The zero-order chi connectivity index (χ0) is 22.5. The van der Waals surface area contributed by atoms with Crippen LogP contribution in [-0.4, -0.2) is 58.4 Å². The van der Waals surface area contributed by atoms with Gasteiger partial charge in [-0.05, 0) is 37.0 Å². The molecular weight excluding hydrogens is 404 g/mol. The molecule has 1 aromatic heterocycles. The van der Waals surface area contributed by atoms with E-state index in [0.717, 1.165) is 48.2 Å². The van der Waals surface area contributed by atoms with Crippen molar-refractivity contribution in [2.75, 3.05) is 26.8 Å². The molecule has 0 radical (unpaired) electrons. The van der Waals surface area contributed by atoms with Crippen LogP contribution in [0.3, 0.4) is 0 Å². The van der Waals surface area contributed by atoms with E-state index in [1.54, 1.807) is 12.0 Å². The quantitative estimate of drug-likeness (QED) is 0.530. The van der Waals surface area contributed by atoms with Gasteiger partial charge in [-0.15, -0.1) is 0 Å². The number of ether oxygens (including phenoxy) is 1. The maximum atomic E-state index is 13.1. The number of piperidine rings is 1. The number of methoxy groups -OCH3 is 1. The van der Waals surface area contributed by atoms with Crippen LogP contribution in [0.2, 0.25) is 0 Å². The van der Waals surface area contributed by atoms with Gasteiger partial charge in [0.1, 0.15) is 5.82 Å². The lowest BCUT2D eigenvalue weighted by Crippen LogP contribution is -2.48. The molecule has 1 unspecified atom stereocenters. The first kappa shape index (κ1) is 22.5. The molecular formula is C25H32N4O3. The largest absolute Gasteiger partial charge is 0.385 e. The minimum Gasteiger partial charge on any atom is -0.385 e. The Morgan fingerprint density at radius 2 is 1.97 bits per heavy atom. The van der Waals surface area contributed by atoms with Gasteiger partial charge in [0.05, 0.1) is 17.1 Å². The second-order valence-electron chi connectivity index (χ2n) is 8.46. The van der Waals surface area contributed by atoms with Crippen molar-refractivity contribution < 1.29 is 14.6 Å². The second-order valence-corrected chi connectivity index (χ2v) is 8.46. The summed E-state index contributed by atoms with van der Waals surface area (Å²) >= 11 is 0. The molecule has 7 heteroatoms. The number of fused-ring (bicyclic) bond motifs is 1. The number of nitrogens with zero attached hydrogens (tertiary/aromatic N) is 3. The van der Waals surface area contributed by atoms with Gasteiger partial charge < -0.3 is 25.0 Å². The Morgan fingerprint density at radius 3 is 2.75 bits per heavy atom. The fourth-order valence-electron chi connectivity index (χ4n) is 4.59. The minimum absolute atomic E-state index is 0.114. The third-order valence-electron chi connectivity index (χ3n) is 6.29. The average Bonchev–Trinajstić information content (AvgIpc) is 3.22. The molecule has 2 heterocycles. The third kappa shape index (κ3) is 4.70. The van der Waals surface area contributed by atoms with E-state index in [2.05, 4.69) is 10.6 Å². The molecule has 1 aliphatic rings. The maximum Gasteiger partial charge on any atom is 0.253 e. The highest BCUT2D eigenvalue weighted by molar-refractivity contribution is 5.82. The fraction of sp³-hybridized carbons (Fsp3) is 0.440. The molecule has 170 valence electrons. The Kier molecular flexibility index (Phi) is 7.19. The van der Waals surface area contributed by atoms with Crippen LogP contribution in [0.5, 0.6) is 0 Å². The molecule has 0 bridgehead atoms. The molecule has 32 heavy (non-hydrogen) atoms. The van der Waals surface area contributed by atoms with Gasteiger partial charge >= 0.3 is 0 Å². The lowest BCUT2D eigenvalue weighted by atomic mass is 9.95. The molecule has 1 fully saturated rings. The number of hydrogen-bond acceptors (Lipinski definition) is 5. The summed E-state index contributed by atoms with van der Waals surface area (Å²) in [5, 5.41) is 10.7. The molecule has 4 rings (SSSR count). The van der Waals surface area contributed by atoms with Crippen LogP contribution in [-0.2, 0) is 16.1 Å². The lowest BCUT2D eigenvalue weighted by molar-refractivity contribution is -0.142. The molecule has 0 spiro atoms. The number of rotatable bonds is 8. The van der Waals surface area contributed by atoms with Gasteiger partial charge in [-0.25, -0.2) is 4.98 Å². The second kappa shape index (κ2) is 10.3. The summed E-state index contributed by atoms with van der Waals surface area (Å²) in [5.74, 6) is 0.803. The van der Waals surface area contributed by atoms with E-state index in [1.165, 1.54) is 0 Å². The van der Waals surface area contributed by atoms with Gasteiger partial charge in [0.2, 0.25) is 0 Å². The number of aryl methyl sites for hydroxylation is 1. The van der Waals surface area contributed by atoms with Crippen molar-refractivity contribution >= 4 is 16.9 Å². The molecule has 1 saturated heterocycles. The SMILES string of the molecule is COCCCn1c(C2CCCN(C(=O)[C@H](O)[C@H](N)c3ccccc3)C2)nc2ccccc21. The van der Waals surface area contributed by atoms with Crippen molar-refractivity contribution in [2.45, 2.75) is 43.9 Å². The Labute approximate surface area is 188 Å². The number of para-hydroxylation sites is 2. The Bertz CT molecular complexity index is 1040. The highest BCUT2D eigenvalue weighted by Crippen LogP contribution is 2.30. The molecule has 1 aliphatic heterocycles. The molecule has 0 saturated carbocycles. The molecule has 2 aromatic carbocycles. The van der Waals surface area contributed by atoms with E-state index in [4.69, 9.17) is 15.5 Å². The van der Waals surface area contributed by atoms with E-state index in [9.17, 15) is 9.90 Å². The van der Waals surface area contributed by atoms with Gasteiger partial charge in [0.15, 0.2) is 6.10 Å². The molecule has 3 atom stereocenters. The summed E-state index contributed by atoms with van der Waals surface area (Å²) in [7, 11) is 1.71. The number of aliphatic hydroxyl groups is 1. The normalized spacial score (nSPS) is 18.6. The Morgan fingerprint density at radius 1 is 1.22 bits per heavy atom. The number of carbonyl (C=O) groups excluding carboxylic acids is 1. The molecule has 7 nitrogen and oxygen atoms in total. The van der Waals surface area contributed by atoms with Gasteiger partial charge in [-0.3, -0.25) is 4.79 Å². The monoisotopic (exact) mass is 436 g/mol. The van der Waals surface area contributed by atoms with Crippen LogP contribution in [0.15, 0.2) is 54.6 Å². The number of hydrogen-bond donors (Lipinski definition) is 2. The van der Waals surface area contributed by atoms with E-state index >= 15 is 0 Å². The van der Waals surface area contributed by atoms with Crippen LogP contribution in [0.1, 0.15) is 42.6 Å². The first-order valence-electron chi connectivity index (χ1n) is 11.3. The van der Waals surface area contributed by atoms with Crippen LogP contribution in [0, 0.1) is 0 Å². The number of carbonyl (C=O) groups is 1. The van der Waals surface area contributed by atoms with Crippen molar-refractivity contribution in [3.63, 3.8) is 0 Å². The first-order chi connectivity index (χ1) is 15.6. The summed E-state index contributed by atoms with van der Waals surface area (Å²) in [6.07, 6.45) is 1.45. The summed E-state index contributed by atoms with van der Waals surface area (Å²) in [6.45, 7) is 2.66. The summed E-state index contributed by atoms with van der Waals surface area (Å²) in [4.78, 5) is 19.8. The standard InChI is InChI=1S/C25H32N4O3/c1-32-16-8-15-29-21-13-6-5-12-20(21)27-24(29)19-11-7-14-28(17-19)25(31)23(30)22(26)18-9-3-2-4-10-18/h2-6,9-10,12-13,19,22-23,30H,7-8,11,14-17,26H2,1H3/t19?,22-,23-/m1/s1. The number of imidazole rings is 1. The van der Waals surface area contributed by atoms with E-state index in [1.807, 2.05) is 48.5 Å². The number of aliphatic hydroxyl groups excluding tert-OH is 1. The molecule has 3 N–H and O–H groups in total. The van der Waals surface area contributed by atoms with Crippen LogP contribution >= 0.6 is 0 Å². The molecule has 0 aliphatic carbocycles. The molecule has 1 amide bonds. The average molecular weight is 437 g/mol. The van der Waals surface area contributed by atoms with Crippen molar-refractivity contribution in [1.29, 1.82) is 0 Å². The van der Waals surface area contributed by atoms with E-state index < -0.39 is 12.1 Å². The van der Waals surface area contributed by atoms with E-state index in [-0.39, 0.29) is 11.8 Å². The topological polar surface area (TPSA) is 93.6 Å². The lowest BCUT2D eigenvalue weighted by Gasteiger charge is -2.35. The summed E-state index contributed by atoms with van der Waals surface area (Å²) in [6, 6.07) is 16.7. The predicted molar refractivity (Wildman–Crippen MR) is 124 cm³/mol. The smallest absolute Gasteiger partial charge is 0.253 e. The maximum absolute atomic E-state index is 13.1. The van der Waals surface area contributed by atoms with Gasteiger partial charge in [0.25, 0.3) is 5.91 Å². The zero-order valence-corrected chi connectivity index (χ0v) is 18.6. The van der Waals surface area contributed by atoms with Crippen molar-refractivity contribution in [2.24, 2.45) is 5.73 Å². The van der Waals surface area contributed by atoms with Crippen molar-refractivity contribution in [1.82, 2.24) is 14.5 Å². The number of amides is 1. The number of aromatic nitrogens is 2. The van der Waals surface area contributed by atoms with Crippen LogP contribution < -0.4 is 5.73 Å². The highest BCUT2D eigenvalue weighted by atomic mass is 16.5. The summed E-state index contributed by atoms with van der Waals surface area (Å²) in [5.41, 5.74) is 9.03. The van der Waals surface area contributed by atoms with Crippen LogP contribution in [0.4, 0.5) is 0 Å². The van der Waals surface area contributed by atoms with Gasteiger partial charge in [-0.1, -0.05) is 42.5 Å². The summed E-state index contributed by atoms with van der Waals surface area (Å²) < 4.78 is 7.51. The number of nitrogens with two attached hydrogens (primary N) is 1. The van der Waals surface area contributed by atoms with Gasteiger partial charge in [0, 0.05) is 39.3 Å². The van der Waals surface area contributed by atoms with Crippen molar-refractivity contribution in [3.05, 3.63) is 66.0 Å².